The van der Waals surface area contributed by atoms with Crippen LogP contribution in [0.4, 0.5) is 0 Å². The molecule has 34 heteroatoms. The minimum Gasteiger partial charge on any atom is -0.481 e. The molecule has 1 saturated heterocycles. The number of hydrogen-bond donors (Lipinski definition) is 17. The van der Waals surface area contributed by atoms with Crippen molar-refractivity contribution in [1.82, 2.24) is 68.5 Å². The van der Waals surface area contributed by atoms with Crippen molar-refractivity contribution in [2.75, 3.05) is 18.8 Å². The number of benzene rings is 1. The predicted octanol–water partition coefficient (Wildman–Crippen LogP) is -1.68. The monoisotopic (exact) mass is 1420 g/mol. The second kappa shape index (κ2) is 42.1. The van der Waals surface area contributed by atoms with Crippen LogP contribution in [0.25, 0.3) is 0 Å². The van der Waals surface area contributed by atoms with Crippen LogP contribution in [0, 0.1) is 23.7 Å². The largest absolute Gasteiger partial charge is 0.481 e. The van der Waals surface area contributed by atoms with Gasteiger partial charge in [0.2, 0.25) is 70.9 Å². The van der Waals surface area contributed by atoms with E-state index in [1.54, 1.807) is 58.0 Å². The SMILES string of the molecule is CC[C@H](C)C(N)C1=N[C@H](C(=O)NC(CC(C)C)C(=O)NC(CCC(=O)O)C(=O)NC(C(=O)NC2CCCCNC(=O)[C@H](CC(N)=O)NC(=O)[C@@H](CC(=O)O)NC(=O)[C@H](Cc3cnc[nH]3)NC(=O)[C@@H](Cc3ccccc3)NC(=O)C([C@@H](C)CC)NC(=O)[C@@H](CCCN)NC2=O)[C@@H](C)CC)CS1. The molecule has 1 aromatic carbocycles. The third-order valence-corrected chi connectivity index (χ3v) is 18.6. The predicted molar refractivity (Wildman–Crippen MR) is 369 cm³/mol. The van der Waals surface area contributed by atoms with Crippen molar-refractivity contribution in [2.24, 2.45) is 45.9 Å². The van der Waals surface area contributed by atoms with E-state index in [2.05, 4.69) is 73.4 Å². The van der Waals surface area contributed by atoms with Crippen LogP contribution in [0.15, 0.2) is 47.8 Å². The van der Waals surface area contributed by atoms with Gasteiger partial charge in [-0.2, -0.15) is 0 Å². The van der Waals surface area contributed by atoms with E-state index in [0.717, 1.165) is 6.42 Å². The lowest BCUT2D eigenvalue weighted by Crippen LogP contribution is -2.62. The van der Waals surface area contributed by atoms with Crippen molar-refractivity contribution >= 4 is 99.6 Å². The summed E-state index contributed by atoms with van der Waals surface area (Å²) in [5.41, 5.74) is 18.7. The first-order chi connectivity index (χ1) is 47.4. The number of aliphatic imine (C=N–C) groups is 1. The number of carboxylic acids is 2. The number of carboxylic acid groups (broad SMARTS) is 2. The number of thioether (sulfide) groups is 1. The van der Waals surface area contributed by atoms with Crippen molar-refractivity contribution < 1.29 is 77.3 Å². The molecule has 0 bridgehead atoms. The summed E-state index contributed by atoms with van der Waals surface area (Å²) in [5, 5.41) is 49.1. The van der Waals surface area contributed by atoms with Crippen LogP contribution in [-0.4, -0.2) is 199 Å². The molecular weight excluding hydrogens is 1320 g/mol. The smallest absolute Gasteiger partial charge is 0.305 e. The Kier molecular flexibility index (Phi) is 35.1. The van der Waals surface area contributed by atoms with E-state index >= 15 is 0 Å². The maximum Gasteiger partial charge on any atom is 0.305 e. The number of aliphatic carboxylic acids is 2. The van der Waals surface area contributed by atoms with E-state index in [1.807, 2.05) is 27.7 Å². The average Bonchev–Trinajstić information content (AvgIpc) is 1.37. The lowest BCUT2D eigenvalue weighted by Gasteiger charge is -2.30. The van der Waals surface area contributed by atoms with Crippen LogP contribution in [-0.2, 0) is 80.0 Å². The highest BCUT2D eigenvalue weighted by molar-refractivity contribution is 8.14. The van der Waals surface area contributed by atoms with Gasteiger partial charge in [0.15, 0.2) is 0 Å². The van der Waals surface area contributed by atoms with Crippen LogP contribution in [0.3, 0.4) is 0 Å². The molecule has 554 valence electrons. The maximum atomic E-state index is 14.9. The second-order valence-electron chi connectivity index (χ2n) is 26.0. The van der Waals surface area contributed by atoms with E-state index in [9.17, 15) is 77.3 Å². The molecule has 1 aromatic heterocycles. The third kappa shape index (κ3) is 27.6. The number of aromatic amines is 1. The topological polar surface area (TPSA) is 531 Å². The highest BCUT2D eigenvalue weighted by Gasteiger charge is 2.40. The molecule has 2 aliphatic heterocycles. The van der Waals surface area contributed by atoms with Gasteiger partial charge >= 0.3 is 11.9 Å². The Bertz CT molecular complexity index is 3160. The molecule has 3 heterocycles. The summed E-state index contributed by atoms with van der Waals surface area (Å²) < 4.78 is 0. The third-order valence-electron chi connectivity index (χ3n) is 17.5. The number of primary amides is 1. The van der Waals surface area contributed by atoms with Crippen LogP contribution < -0.4 is 75.7 Å². The van der Waals surface area contributed by atoms with Crippen molar-refractivity contribution in [3.63, 3.8) is 0 Å². The van der Waals surface area contributed by atoms with Gasteiger partial charge < -0.3 is 90.9 Å². The number of hydrogen-bond acceptors (Lipinski definition) is 19. The number of rotatable bonds is 31. The van der Waals surface area contributed by atoms with E-state index in [-0.39, 0.29) is 94.9 Å². The van der Waals surface area contributed by atoms with Crippen molar-refractivity contribution in [2.45, 2.75) is 224 Å². The molecule has 4 rings (SSSR count). The minimum atomic E-state index is -1.94. The van der Waals surface area contributed by atoms with Gasteiger partial charge in [0.05, 0.1) is 30.3 Å². The Morgan fingerprint density at radius 1 is 0.660 bits per heavy atom. The summed E-state index contributed by atoms with van der Waals surface area (Å²) in [7, 11) is 0. The van der Waals surface area contributed by atoms with Gasteiger partial charge in [-0.3, -0.25) is 72.1 Å². The molecule has 12 amide bonds. The van der Waals surface area contributed by atoms with Crippen LogP contribution in [0.2, 0.25) is 0 Å². The molecule has 6 unspecified atom stereocenters. The lowest BCUT2D eigenvalue weighted by molar-refractivity contribution is -0.142. The quantitative estimate of drug-likeness (QED) is 0.0401. The molecule has 1 fully saturated rings. The first-order valence-corrected chi connectivity index (χ1v) is 35.1. The van der Waals surface area contributed by atoms with Crippen LogP contribution in [0.1, 0.15) is 150 Å². The van der Waals surface area contributed by atoms with Gasteiger partial charge in [-0.05, 0) is 80.7 Å². The van der Waals surface area contributed by atoms with Gasteiger partial charge in [-0.1, -0.05) is 105 Å². The van der Waals surface area contributed by atoms with Crippen molar-refractivity contribution in [3.8, 4) is 0 Å². The zero-order valence-corrected chi connectivity index (χ0v) is 59.0. The Morgan fingerprint density at radius 2 is 1.26 bits per heavy atom. The van der Waals surface area contributed by atoms with Crippen LogP contribution in [0.5, 0.6) is 0 Å². The summed E-state index contributed by atoms with van der Waals surface area (Å²) >= 11 is 1.35. The molecule has 100 heavy (non-hydrogen) atoms. The average molecular weight is 1420 g/mol. The summed E-state index contributed by atoms with van der Waals surface area (Å²) in [6.07, 6.45) is 0.368. The zero-order chi connectivity index (χ0) is 74.3. The fraction of sp³-hybridized carbons (Fsp3) is 0.636. The highest BCUT2D eigenvalue weighted by Crippen LogP contribution is 2.25. The Hall–Kier alpha value is -9.05. The molecule has 2 aromatic rings. The summed E-state index contributed by atoms with van der Waals surface area (Å²) in [4.78, 5) is 207. The Labute approximate surface area is 586 Å². The Balaban J connectivity index is 1.77. The first kappa shape index (κ1) is 83.4. The van der Waals surface area contributed by atoms with E-state index < -0.39 is 193 Å². The molecule has 0 aliphatic carbocycles. The number of nitrogens with one attached hydrogen (secondary N) is 12. The van der Waals surface area contributed by atoms with Gasteiger partial charge in [-0.15, -0.1) is 11.8 Å². The number of nitrogens with zero attached hydrogens (tertiary/aromatic N) is 2. The zero-order valence-electron chi connectivity index (χ0n) is 58.2. The Morgan fingerprint density at radius 3 is 1.85 bits per heavy atom. The molecule has 0 saturated carbocycles. The van der Waals surface area contributed by atoms with E-state index in [1.165, 1.54) is 24.3 Å². The number of carbonyl (C=O) groups is 14. The summed E-state index contributed by atoms with van der Waals surface area (Å²) in [6.45, 7) is 14.1. The van der Waals surface area contributed by atoms with Crippen molar-refractivity contribution in [3.05, 3.63) is 54.1 Å². The molecule has 2 aliphatic rings. The first-order valence-electron chi connectivity index (χ1n) is 34.1. The van der Waals surface area contributed by atoms with E-state index in [4.69, 9.17) is 17.2 Å². The molecule has 0 spiro atoms. The molecule has 33 nitrogen and oxygen atoms in total. The fourth-order valence-corrected chi connectivity index (χ4v) is 12.0. The van der Waals surface area contributed by atoms with Crippen molar-refractivity contribution in [1.29, 1.82) is 0 Å². The molecule has 20 N–H and O–H groups in total. The highest BCUT2D eigenvalue weighted by atomic mass is 32.2. The number of aromatic nitrogens is 2. The standard InChI is InChI=1S/C66H103N17O16S/c1-9-35(6)52(69)66-81-48(32-100-66)63(97)76-43(26-34(4)5)59(93)74-42(22-23-50(85)86)58(92)83-53(36(7)10-2)64(98)75-40-20-15-16-25-71-55(89)46(29-49(68)84)78-62(96)47(30-51(87)88)79-61(95)45(28-39-31-70-33-72-39)77-60(94)44(27-38-18-13-12-14-19-38)80-65(99)54(37(8)11-3)82-57(91)41(21-17-24-67)73-56(40)90/h12-14,18-19,31,33-37,40-48,52-54H,9-11,15-17,20-30,32,67,69H2,1-8H3,(H2,68,84)(H,70,72)(H,71,89)(H,73,90)(H,74,93)(H,75,98)(H,76,97)(H,77,94)(H,78,96)(H,79,95)(H,80,99)(H,82,91)(H,83,92)(H,85,86)(H,87,88)/t35-,36-,37-,40?,41+,42?,43?,44+,45-,46-,47+,48-,52?,53?,54?/m0/s1. The molecule has 0 radical (unpaired) electrons. The summed E-state index contributed by atoms with van der Waals surface area (Å²) in [5.74, 6) is -15.4. The second-order valence-corrected chi connectivity index (χ2v) is 27.0. The fourth-order valence-electron chi connectivity index (χ4n) is 10.9. The molecule has 15 atom stereocenters. The summed E-state index contributed by atoms with van der Waals surface area (Å²) in [6, 6.07) is -8.34. The van der Waals surface area contributed by atoms with Gasteiger partial charge in [0.1, 0.15) is 66.5 Å². The number of nitrogens with two attached hydrogens (primary N) is 3. The number of carbonyl (C=O) groups excluding carboxylic acids is 12. The number of H-pyrrole nitrogens is 1. The minimum absolute atomic E-state index is 0.00117. The van der Waals surface area contributed by atoms with Gasteiger partial charge in [0.25, 0.3) is 0 Å². The maximum absolute atomic E-state index is 14.9. The normalized spacial score (nSPS) is 23.1. The number of amides is 12. The number of imidazole rings is 1. The van der Waals surface area contributed by atoms with Gasteiger partial charge in [0, 0.05) is 43.5 Å². The van der Waals surface area contributed by atoms with Gasteiger partial charge in [-0.25, -0.2) is 4.98 Å². The lowest BCUT2D eigenvalue weighted by atomic mass is 9.96. The molecular formula is C66H103N17O16S. The van der Waals surface area contributed by atoms with E-state index in [0.29, 0.717) is 16.3 Å². The van der Waals surface area contributed by atoms with Crippen LogP contribution >= 0.6 is 11.8 Å².